The van der Waals surface area contributed by atoms with Crippen molar-refractivity contribution in [2.75, 3.05) is 32.6 Å². The highest BCUT2D eigenvalue weighted by atomic mass is 28.3. The molecule has 142 valence electrons. The third-order valence-electron chi connectivity index (χ3n) is 5.57. The van der Waals surface area contributed by atoms with Gasteiger partial charge in [-0.25, -0.2) is 4.58 Å². The van der Waals surface area contributed by atoms with E-state index in [1.165, 1.54) is 32.9 Å². The van der Waals surface area contributed by atoms with Crippen molar-refractivity contribution < 1.29 is 14.5 Å². The van der Waals surface area contributed by atoms with Crippen molar-refractivity contribution in [2.45, 2.75) is 25.9 Å². The van der Waals surface area contributed by atoms with Crippen molar-refractivity contribution in [1.82, 2.24) is 0 Å². The molecular weight excluding hydrogens is 352 g/mol. The van der Waals surface area contributed by atoms with Crippen molar-refractivity contribution in [2.24, 2.45) is 0 Å². The van der Waals surface area contributed by atoms with Crippen LogP contribution in [0, 0.1) is 0 Å². The lowest BCUT2D eigenvalue weighted by molar-refractivity contribution is -0.496. The lowest BCUT2D eigenvalue weighted by atomic mass is 10.0. The number of carboxylic acids is 1. The van der Waals surface area contributed by atoms with Crippen molar-refractivity contribution in [3.05, 3.63) is 52.8 Å². The number of allylic oxidation sites excluding steroid dienone is 5. The van der Waals surface area contributed by atoms with E-state index in [4.69, 9.17) is 5.11 Å². The Morgan fingerprint density at radius 1 is 1.19 bits per heavy atom. The highest BCUT2D eigenvalue weighted by molar-refractivity contribution is 6.97. The number of anilines is 1. The summed E-state index contributed by atoms with van der Waals surface area (Å²) in [4.78, 5) is 12.9. The molecule has 0 amide bonds. The Morgan fingerprint density at radius 3 is 2.59 bits per heavy atom. The molecule has 0 bridgehead atoms. The number of hydrogen-bond donors (Lipinski definition) is 1. The van der Waals surface area contributed by atoms with E-state index in [1.54, 1.807) is 0 Å². The maximum atomic E-state index is 10.8. The third-order valence-corrected chi connectivity index (χ3v) is 9.13. The molecule has 0 aromatic heterocycles. The van der Waals surface area contributed by atoms with Gasteiger partial charge in [-0.3, -0.25) is 4.79 Å². The zero-order chi connectivity index (χ0) is 19.8. The van der Waals surface area contributed by atoms with Crippen LogP contribution in [0.25, 0.3) is 6.08 Å². The fourth-order valence-electron chi connectivity index (χ4n) is 3.85. The summed E-state index contributed by atoms with van der Waals surface area (Å²) in [6.45, 7) is 5.59. The Kier molecular flexibility index (Phi) is 5.24. The van der Waals surface area contributed by atoms with Gasteiger partial charge in [-0.1, -0.05) is 19.2 Å². The number of carbonyl (C=O) groups is 1. The molecule has 1 aromatic carbocycles. The monoisotopic (exact) mass is 381 g/mol. The summed E-state index contributed by atoms with van der Waals surface area (Å²) in [6, 6.07) is 6.79. The Morgan fingerprint density at radius 2 is 1.93 bits per heavy atom. The normalized spacial score (nSPS) is 18.9. The van der Waals surface area contributed by atoms with Crippen LogP contribution in [0.4, 0.5) is 5.69 Å². The van der Waals surface area contributed by atoms with Crippen molar-refractivity contribution in [3.8, 4) is 0 Å². The second-order valence-electron chi connectivity index (χ2n) is 8.13. The van der Waals surface area contributed by atoms with Crippen molar-refractivity contribution in [3.63, 3.8) is 0 Å². The molecule has 27 heavy (non-hydrogen) atoms. The van der Waals surface area contributed by atoms with Gasteiger partial charge in [0.2, 0.25) is 0 Å². The first-order valence-corrected chi connectivity index (χ1v) is 12.4. The van der Waals surface area contributed by atoms with Gasteiger partial charge in [0.25, 0.3) is 0 Å². The summed E-state index contributed by atoms with van der Waals surface area (Å²) in [5, 5.41) is 11.8. The van der Waals surface area contributed by atoms with Gasteiger partial charge >= 0.3 is 5.97 Å². The maximum absolute atomic E-state index is 10.8. The van der Waals surface area contributed by atoms with E-state index in [1.807, 2.05) is 7.05 Å². The Balaban J connectivity index is 1.99. The smallest absolute Gasteiger partial charge is 0.303 e. The number of benzene rings is 1. The van der Waals surface area contributed by atoms with Crippen LogP contribution >= 0.6 is 0 Å². The molecule has 4 nitrogen and oxygen atoms in total. The Bertz CT molecular complexity index is 905. The maximum Gasteiger partial charge on any atom is 0.303 e. The fourth-order valence-corrected chi connectivity index (χ4v) is 6.91. The molecule has 0 fully saturated rings. The molecule has 0 saturated heterocycles. The summed E-state index contributed by atoms with van der Waals surface area (Å²) >= 11 is 0. The summed E-state index contributed by atoms with van der Waals surface area (Å²) in [6.07, 6.45) is 9.87. The number of fused-ring (bicyclic) bond motifs is 2. The van der Waals surface area contributed by atoms with Gasteiger partial charge in [-0.2, -0.15) is 0 Å². The average molecular weight is 382 g/mol. The topological polar surface area (TPSA) is 43.5 Å². The van der Waals surface area contributed by atoms with E-state index in [-0.39, 0.29) is 6.42 Å². The second kappa shape index (κ2) is 7.31. The van der Waals surface area contributed by atoms with E-state index < -0.39 is 14.0 Å². The number of aliphatic carboxylic acids is 1. The third kappa shape index (κ3) is 3.83. The second-order valence-corrected chi connectivity index (χ2v) is 12.5. The predicted octanol–water partition coefficient (Wildman–Crippen LogP) is 3.05. The van der Waals surface area contributed by atoms with Crippen LogP contribution in [0.3, 0.4) is 0 Å². The Labute approximate surface area is 162 Å². The fraction of sp³-hybridized carbons (Fsp3) is 0.364. The van der Waals surface area contributed by atoms with Crippen LogP contribution in [0.2, 0.25) is 13.1 Å². The van der Waals surface area contributed by atoms with Crippen LogP contribution < -0.4 is 10.1 Å². The van der Waals surface area contributed by atoms with Crippen LogP contribution in [-0.2, 0) is 4.79 Å². The molecule has 0 atom stereocenters. The summed E-state index contributed by atoms with van der Waals surface area (Å²) in [5.74, 6) is -0.731. The van der Waals surface area contributed by atoms with Crippen molar-refractivity contribution >= 4 is 36.7 Å². The van der Waals surface area contributed by atoms with Crippen LogP contribution in [0.1, 0.15) is 18.4 Å². The first-order chi connectivity index (χ1) is 12.7. The van der Waals surface area contributed by atoms with Crippen LogP contribution in [-0.4, -0.2) is 57.1 Å². The minimum Gasteiger partial charge on any atom is -0.481 e. The first kappa shape index (κ1) is 19.4. The van der Waals surface area contributed by atoms with Gasteiger partial charge in [0.15, 0.2) is 5.71 Å². The number of carboxylic acid groups (broad SMARTS) is 1. The van der Waals surface area contributed by atoms with E-state index in [0.29, 0.717) is 6.42 Å². The highest BCUT2D eigenvalue weighted by Crippen LogP contribution is 2.34. The minimum atomic E-state index is -1.81. The molecule has 2 aliphatic rings. The van der Waals surface area contributed by atoms with Gasteiger partial charge in [0, 0.05) is 38.4 Å². The van der Waals surface area contributed by atoms with Crippen LogP contribution in [0.15, 0.2) is 47.2 Å². The zero-order valence-corrected chi connectivity index (χ0v) is 17.9. The van der Waals surface area contributed by atoms with Crippen molar-refractivity contribution in [1.29, 1.82) is 0 Å². The zero-order valence-electron chi connectivity index (χ0n) is 16.9. The molecule has 0 radical (unpaired) electrons. The molecule has 1 N–H and O–H groups in total. The molecule has 5 heteroatoms. The number of hydrogen-bond acceptors (Lipinski definition) is 2. The average Bonchev–Trinajstić information content (AvgIpc) is 2.61. The lowest BCUT2D eigenvalue weighted by Gasteiger charge is -2.35. The molecule has 1 heterocycles. The van der Waals surface area contributed by atoms with Crippen LogP contribution in [0.5, 0.6) is 0 Å². The standard InChI is InChI=1S/C22H28N2O2Si/c1-23(2)18-10-8-16-13-17-9-11-19(24(3)12-6-7-22(25)26)15-21(17)27(4,5)20(16)14-18/h8-11,13-15H,6-7,12H2,1-5H3/p+1. The van der Waals surface area contributed by atoms with Gasteiger partial charge in [-0.05, 0) is 45.8 Å². The van der Waals surface area contributed by atoms with E-state index in [0.717, 1.165) is 6.54 Å². The summed E-state index contributed by atoms with van der Waals surface area (Å²) < 4.78 is 2.17. The Hall–Kier alpha value is -2.40. The predicted molar refractivity (Wildman–Crippen MR) is 116 cm³/mol. The van der Waals surface area contributed by atoms with Gasteiger partial charge in [-0.15, -0.1) is 0 Å². The largest absolute Gasteiger partial charge is 0.481 e. The van der Waals surface area contributed by atoms with Gasteiger partial charge < -0.3 is 10.0 Å². The summed E-state index contributed by atoms with van der Waals surface area (Å²) in [5.41, 5.74) is 5.07. The molecule has 0 spiro atoms. The molecule has 1 aliphatic heterocycles. The molecule has 0 unspecified atom stereocenters. The molecule has 1 aliphatic carbocycles. The lowest BCUT2D eigenvalue weighted by Crippen LogP contribution is -2.48. The highest BCUT2D eigenvalue weighted by Gasteiger charge is 2.37. The summed E-state index contributed by atoms with van der Waals surface area (Å²) in [7, 11) is 4.40. The van der Waals surface area contributed by atoms with E-state index in [2.05, 4.69) is 79.2 Å². The minimum absolute atomic E-state index is 0.212. The molecular formula is C22H29N2O2Si+. The van der Waals surface area contributed by atoms with E-state index in [9.17, 15) is 4.79 Å². The number of nitrogens with zero attached hydrogens (tertiary/aromatic N) is 2. The van der Waals surface area contributed by atoms with Gasteiger partial charge in [0.05, 0.1) is 6.42 Å². The van der Waals surface area contributed by atoms with Gasteiger partial charge in [0.1, 0.15) is 21.7 Å². The van der Waals surface area contributed by atoms with E-state index >= 15 is 0 Å². The molecule has 3 rings (SSSR count). The molecule has 0 saturated carbocycles. The molecule has 1 aromatic rings. The quantitative estimate of drug-likeness (QED) is 0.630. The SMILES string of the molecule is CN(C)c1ccc2c(c1)[Si](C)(C)C1=C/C(=[N+](\C)CCCC(=O)O)C=CC1=C2. The first-order valence-electron chi connectivity index (χ1n) is 9.44. The number of rotatable bonds is 5.